The molecule has 2 aromatic carbocycles. The van der Waals surface area contributed by atoms with E-state index in [0.29, 0.717) is 5.56 Å². The summed E-state index contributed by atoms with van der Waals surface area (Å²) in [5.41, 5.74) is 3.29. The molecule has 1 radical (unpaired) electrons. The van der Waals surface area contributed by atoms with Gasteiger partial charge in [-0.15, -0.1) is 0 Å². The van der Waals surface area contributed by atoms with Crippen molar-refractivity contribution in [3.05, 3.63) is 72.1 Å². The van der Waals surface area contributed by atoms with E-state index >= 15 is 0 Å². The number of carbonyl (C=O) groups excluding carboxylic acids is 1. The van der Waals surface area contributed by atoms with Gasteiger partial charge in [0.1, 0.15) is 0 Å². The third kappa shape index (κ3) is 3.42. The molecule has 0 heterocycles. The van der Waals surface area contributed by atoms with Crippen LogP contribution in [0.5, 0.6) is 0 Å². The van der Waals surface area contributed by atoms with Crippen LogP contribution in [0, 0.1) is 13.8 Å². The molecule has 2 aromatic rings. The minimum atomic E-state index is -0.235. The summed E-state index contributed by atoms with van der Waals surface area (Å²) in [6.07, 6.45) is 0. The average molecular weight is 283 g/mol. The molecule has 0 atom stereocenters. The molecule has 0 aromatic heterocycles. The Balaban J connectivity index is 2.03. The fraction of sp³-hybridized carbons (Fsp3) is 0.0625. The quantitative estimate of drug-likeness (QED) is 0.831. The number of carbonyl (C=O) groups is 1. The molecule has 1 amide bonds. The fourth-order valence-corrected chi connectivity index (χ4v) is 1.94. The zero-order valence-corrected chi connectivity index (χ0v) is 12.0. The highest BCUT2D eigenvalue weighted by Crippen LogP contribution is 2.17. The van der Waals surface area contributed by atoms with Crippen molar-refractivity contribution in [2.45, 2.75) is 6.92 Å². The van der Waals surface area contributed by atoms with Gasteiger partial charge in [0.25, 0.3) is 5.91 Å². The monoisotopic (exact) mass is 283 g/mol. The highest BCUT2D eigenvalue weighted by Gasteiger charge is 2.08. The van der Waals surface area contributed by atoms with Crippen LogP contribution in [0.3, 0.4) is 0 Å². The lowest BCUT2D eigenvalue weighted by atomic mass is 10.1. The molecular weight excluding hydrogens is 268 g/mol. The van der Waals surface area contributed by atoms with Crippen LogP contribution in [-0.2, 0) is 0 Å². The first kappa shape index (κ1) is 14.2. The van der Waals surface area contributed by atoms with Gasteiger partial charge >= 0.3 is 0 Å². The number of hydrogen-bond acceptors (Lipinski definition) is 2. The van der Waals surface area contributed by atoms with Gasteiger partial charge in [-0.25, -0.2) is 0 Å². The molecule has 0 bridgehead atoms. The first-order valence-electron chi connectivity index (χ1n) is 6.17. The Kier molecular flexibility index (Phi) is 4.48. The van der Waals surface area contributed by atoms with E-state index in [9.17, 15) is 4.79 Å². The summed E-state index contributed by atoms with van der Waals surface area (Å²) < 4.78 is 0. The minimum Gasteiger partial charge on any atom is -0.332 e. The summed E-state index contributed by atoms with van der Waals surface area (Å²) in [4.78, 5) is 11.9. The molecule has 3 nitrogen and oxygen atoms in total. The Morgan fingerprint density at radius 2 is 1.80 bits per heavy atom. The maximum atomic E-state index is 11.9. The SMILES string of the molecule is [CH2]c1c(C)cccc1NC(=S)NC(=O)c1ccccc1. The van der Waals surface area contributed by atoms with Crippen LogP contribution in [0.1, 0.15) is 21.5 Å². The van der Waals surface area contributed by atoms with E-state index in [1.807, 2.05) is 31.2 Å². The van der Waals surface area contributed by atoms with E-state index in [1.165, 1.54) is 0 Å². The van der Waals surface area contributed by atoms with Crippen molar-refractivity contribution >= 4 is 28.9 Å². The summed E-state index contributed by atoms with van der Waals surface area (Å²) in [7, 11) is 0. The van der Waals surface area contributed by atoms with Gasteiger partial charge in [-0.3, -0.25) is 10.1 Å². The molecule has 2 N–H and O–H groups in total. The number of aryl methyl sites for hydroxylation is 1. The third-order valence-corrected chi connectivity index (χ3v) is 3.13. The molecule has 0 fully saturated rings. The van der Waals surface area contributed by atoms with Gasteiger partial charge in [-0.05, 0) is 55.4 Å². The summed E-state index contributed by atoms with van der Waals surface area (Å²) in [6, 6.07) is 14.7. The van der Waals surface area contributed by atoms with Crippen LogP contribution >= 0.6 is 12.2 Å². The first-order chi connectivity index (χ1) is 9.58. The summed E-state index contributed by atoms with van der Waals surface area (Å²) >= 11 is 5.14. The van der Waals surface area contributed by atoms with E-state index < -0.39 is 0 Å². The molecule has 0 aliphatic rings. The van der Waals surface area contributed by atoms with Crippen molar-refractivity contribution in [3.63, 3.8) is 0 Å². The highest BCUT2D eigenvalue weighted by atomic mass is 32.1. The number of benzene rings is 2. The van der Waals surface area contributed by atoms with E-state index in [-0.39, 0.29) is 11.0 Å². The Labute approximate surface area is 124 Å². The zero-order chi connectivity index (χ0) is 14.5. The van der Waals surface area contributed by atoms with Gasteiger partial charge in [-0.2, -0.15) is 0 Å². The lowest BCUT2D eigenvalue weighted by Gasteiger charge is -2.13. The molecule has 2 rings (SSSR count). The highest BCUT2D eigenvalue weighted by molar-refractivity contribution is 7.80. The van der Waals surface area contributed by atoms with Gasteiger partial charge in [-0.1, -0.05) is 30.3 Å². The Bertz CT molecular complexity index is 638. The Morgan fingerprint density at radius 3 is 2.50 bits per heavy atom. The first-order valence-corrected chi connectivity index (χ1v) is 6.57. The number of amides is 1. The summed E-state index contributed by atoms with van der Waals surface area (Å²) in [6.45, 7) is 5.95. The van der Waals surface area contributed by atoms with Crippen molar-refractivity contribution in [1.82, 2.24) is 5.32 Å². The summed E-state index contributed by atoms with van der Waals surface area (Å²) in [5.74, 6) is -0.235. The fourth-order valence-electron chi connectivity index (χ4n) is 1.74. The molecular formula is C16H15N2OS. The zero-order valence-electron chi connectivity index (χ0n) is 11.1. The second kappa shape index (κ2) is 6.30. The normalized spacial score (nSPS) is 9.90. The van der Waals surface area contributed by atoms with Crippen LogP contribution in [0.15, 0.2) is 48.5 Å². The molecule has 0 unspecified atom stereocenters. The van der Waals surface area contributed by atoms with Crippen LogP contribution < -0.4 is 10.6 Å². The standard InChI is InChI=1S/C16H15N2OS/c1-11-7-6-10-14(12(11)2)17-16(20)18-15(19)13-8-4-3-5-9-13/h3-10H,2H2,1H3,(H2,17,18,19,20). The predicted molar refractivity (Wildman–Crippen MR) is 85.8 cm³/mol. The molecule has 0 saturated carbocycles. The molecule has 20 heavy (non-hydrogen) atoms. The molecule has 0 saturated heterocycles. The van der Waals surface area contributed by atoms with Crippen molar-refractivity contribution in [2.75, 3.05) is 5.32 Å². The van der Waals surface area contributed by atoms with E-state index in [4.69, 9.17) is 12.2 Å². The van der Waals surface area contributed by atoms with Crippen molar-refractivity contribution < 1.29 is 4.79 Å². The number of hydrogen-bond donors (Lipinski definition) is 2. The minimum absolute atomic E-state index is 0.235. The lowest BCUT2D eigenvalue weighted by Crippen LogP contribution is -2.34. The largest absolute Gasteiger partial charge is 0.332 e. The predicted octanol–water partition coefficient (Wildman–Crippen LogP) is 3.30. The van der Waals surface area contributed by atoms with E-state index in [2.05, 4.69) is 17.6 Å². The van der Waals surface area contributed by atoms with Crippen molar-refractivity contribution in [2.24, 2.45) is 0 Å². The second-order valence-corrected chi connectivity index (χ2v) is 4.78. The van der Waals surface area contributed by atoms with Gasteiger partial charge in [0, 0.05) is 11.3 Å². The van der Waals surface area contributed by atoms with Gasteiger partial charge in [0.15, 0.2) is 5.11 Å². The van der Waals surface area contributed by atoms with Crippen LogP contribution in [0.25, 0.3) is 0 Å². The van der Waals surface area contributed by atoms with Crippen molar-refractivity contribution in [3.8, 4) is 0 Å². The van der Waals surface area contributed by atoms with Gasteiger partial charge in [0.05, 0.1) is 0 Å². The van der Waals surface area contributed by atoms with E-state index in [1.54, 1.807) is 24.3 Å². The molecule has 0 aliphatic carbocycles. The molecule has 0 aliphatic heterocycles. The third-order valence-electron chi connectivity index (χ3n) is 2.92. The van der Waals surface area contributed by atoms with E-state index in [0.717, 1.165) is 16.8 Å². The number of thiocarbonyl (C=S) groups is 1. The Hall–Kier alpha value is -2.20. The number of nitrogens with one attached hydrogen (secondary N) is 2. The second-order valence-electron chi connectivity index (χ2n) is 4.38. The number of rotatable bonds is 2. The number of anilines is 1. The Morgan fingerprint density at radius 1 is 1.10 bits per heavy atom. The topological polar surface area (TPSA) is 41.1 Å². The molecule has 101 valence electrons. The smallest absolute Gasteiger partial charge is 0.257 e. The molecule has 0 spiro atoms. The average Bonchev–Trinajstić information content (AvgIpc) is 2.45. The summed E-state index contributed by atoms with van der Waals surface area (Å²) in [5, 5.41) is 5.89. The van der Waals surface area contributed by atoms with Crippen LogP contribution in [0.4, 0.5) is 5.69 Å². The van der Waals surface area contributed by atoms with Crippen molar-refractivity contribution in [1.29, 1.82) is 0 Å². The maximum Gasteiger partial charge on any atom is 0.257 e. The van der Waals surface area contributed by atoms with Crippen LogP contribution in [-0.4, -0.2) is 11.0 Å². The molecule has 4 heteroatoms. The van der Waals surface area contributed by atoms with Crippen LogP contribution in [0.2, 0.25) is 0 Å². The lowest BCUT2D eigenvalue weighted by molar-refractivity contribution is 0.0978. The maximum absolute atomic E-state index is 11.9. The van der Waals surface area contributed by atoms with Gasteiger partial charge in [0.2, 0.25) is 0 Å². The van der Waals surface area contributed by atoms with Gasteiger partial charge < -0.3 is 5.32 Å².